The Morgan fingerprint density at radius 2 is 1.55 bits per heavy atom. The Labute approximate surface area is 218 Å². The minimum absolute atomic E-state index is 0.321. The first-order valence-electron chi connectivity index (χ1n) is 12.7. The zero-order chi connectivity index (χ0) is 26.9. The Balaban J connectivity index is 1.56. The largest absolute Gasteiger partial charge is 0.416 e. The van der Waals surface area contributed by atoms with E-state index in [9.17, 15) is 17.6 Å². The first-order chi connectivity index (χ1) is 18.2. The highest BCUT2D eigenvalue weighted by Gasteiger charge is 2.34. The molecular weight excluding hydrogens is 500 g/mol. The number of hydrogen-bond acceptors (Lipinski definition) is 1. The molecule has 0 spiro atoms. The van der Waals surface area contributed by atoms with Crippen LogP contribution in [0.15, 0.2) is 66.2 Å². The van der Waals surface area contributed by atoms with E-state index in [1.165, 1.54) is 5.57 Å². The highest BCUT2D eigenvalue weighted by Crippen LogP contribution is 2.42. The standard InChI is InChI=1S/C31H27F6N/c32-13-4-14-38-18-21(19-38)15-20-9-11-23(12-10-20)29-25-7-2-1-5-22(25)6-3-8-26(29)30-27(33)16-24(17-28(30)34)31(35,36)37/h1-2,5,7,9-12,15-17H,3-4,6,8,13-14,18-19H2. The zero-order valence-corrected chi connectivity index (χ0v) is 20.7. The Kier molecular flexibility index (Phi) is 7.48. The number of hydrogen-bond donors (Lipinski definition) is 0. The van der Waals surface area contributed by atoms with Crippen molar-refractivity contribution in [3.63, 3.8) is 0 Å². The highest BCUT2D eigenvalue weighted by atomic mass is 19.4. The lowest BCUT2D eigenvalue weighted by atomic mass is 9.86. The van der Waals surface area contributed by atoms with Crippen molar-refractivity contribution in [3.05, 3.63) is 111 Å². The number of nitrogens with zero attached hydrogens (tertiary/aromatic N) is 1. The zero-order valence-electron chi connectivity index (χ0n) is 20.7. The molecule has 0 atom stereocenters. The van der Waals surface area contributed by atoms with Crippen molar-refractivity contribution >= 4 is 17.2 Å². The predicted molar refractivity (Wildman–Crippen MR) is 138 cm³/mol. The Hall–Kier alpha value is -3.32. The van der Waals surface area contributed by atoms with Crippen LogP contribution in [0.2, 0.25) is 0 Å². The van der Waals surface area contributed by atoms with Gasteiger partial charge in [-0.15, -0.1) is 0 Å². The fraction of sp³-hybridized carbons (Fsp3) is 0.290. The van der Waals surface area contributed by atoms with Crippen LogP contribution in [0.1, 0.15) is 52.6 Å². The monoisotopic (exact) mass is 527 g/mol. The summed E-state index contributed by atoms with van der Waals surface area (Å²) in [5.74, 6) is -2.43. The van der Waals surface area contributed by atoms with E-state index in [2.05, 4.69) is 11.0 Å². The molecule has 0 saturated carbocycles. The van der Waals surface area contributed by atoms with Crippen molar-refractivity contribution < 1.29 is 26.3 Å². The molecule has 3 aromatic carbocycles. The van der Waals surface area contributed by atoms with Crippen LogP contribution in [0.4, 0.5) is 26.3 Å². The third-order valence-electron chi connectivity index (χ3n) is 7.16. The van der Waals surface area contributed by atoms with Gasteiger partial charge < -0.3 is 0 Å². The molecule has 1 heterocycles. The summed E-state index contributed by atoms with van der Waals surface area (Å²) in [6, 6.07) is 16.0. The fourth-order valence-electron chi connectivity index (χ4n) is 5.37. The number of rotatable bonds is 6. The van der Waals surface area contributed by atoms with E-state index in [0.29, 0.717) is 49.0 Å². The van der Waals surface area contributed by atoms with Crippen molar-refractivity contribution in [2.45, 2.75) is 31.9 Å². The minimum atomic E-state index is -4.84. The third kappa shape index (κ3) is 5.44. The minimum Gasteiger partial charge on any atom is -0.295 e. The maximum Gasteiger partial charge on any atom is 0.416 e. The molecule has 0 bridgehead atoms. The summed E-state index contributed by atoms with van der Waals surface area (Å²) in [7, 11) is 0. The molecule has 5 rings (SSSR count). The van der Waals surface area contributed by atoms with E-state index >= 15 is 8.78 Å². The highest BCUT2D eigenvalue weighted by molar-refractivity contribution is 6.00. The van der Waals surface area contributed by atoms with Crippen LogP contribution in [0.3, 0.4) is 0 Å². The van der Waals surface area contributed by atoms with Crippen molar-refractivity contribution in [2.24, 2.45) is 0 Å². The van der Waals surface area contributed by atoms with E-state index < -0.39 is 28.9 Å². The summed E-state index contributed by atoms with van der Waals surface area (Å²) in [5, 5.41) is 0. The molecule has 1 aliphatic heterocycles. The van der Waals surface area contributed by atoms with E-state index in [-0.39, 0.29) is 6.67 Å². The number of fused-ring (bicyclic) bond motifs is 1. The lowest BCUT2D eigenvalue weighted by molar-refractivity contribution is -0.138. The van der Waals surface area contributed by atoms with Gasteiger partial charge >= 0.3 is 6.18 Å². The lowest BCUT2D eigenvalue weighted by Gasteiger charge is -2.33. The van der Waals surface area contributed by atoms with Crippen LogP contribution in [-0.2, 0) is 12.6 Å². The summed E-state index contributed by atoms with van der Waals surface area (Å²) in [6.07, 6.45) is -0.608. The van der Waals surface area contributed by atoms with Crippen molar-refractivity contribution in [1.29, 1.82) is 0 Å². The van der Waals surface area contributed by atoms with Gasteiger partial charge in [-0.05, 0) is 76.8 Å². The van der Waals surface area contributed by atoms with Gasteiger partial charge in [0, 0.05) is 25.2 Å². The smallest absolute Gasteiger partial charge is 0.295 e. The summed E-state index contributed by atoms with van der Waals surface area (Å²) in [4.78, 5) is 2.17. The predicted octanol–water partition coefficient (Wildman–Crippen LogP) is 8.34. The van der Waals surface area contributed by atoms with E-state index in [1.54, 1.807) is 0 Å². The second kappa shape index (κ2) is 10.8. The summed E-state index contributed by atoms with van der Waals surface area (Å²) < 4.78 is 82.3. The SMILES string of the molecule is FCCCN1CC(=Cc2ccc(C3=C(c4c(F)cc(C(F)(F)F)cc4F)CCCc4ccccc43)cc2)C1. The van der Waals surface area contributed by atoms with Crippen LogP contribution >= 0.6 is 0 Å². The number of alkyl halides is 4. The molecule has 38 heavy (non-hydrogen) atoms. The molecule has 1 aliphatic carbocycles. The van der Waals surface area contributed by atoms with Crippen LogP contribution < -0.4 is 0 Å². The van der Waals surface area contributed by atoms with Crippen molar-refractivity contribution in [1.82, 2.24) is 4.90 Å². The van der Waals surface area contributed by atoms with Gasteiger partial charge in [0.05, 0.1) is 12.2 Å². The van der Waals surface area contributed by atoms with Crippen molar-refractivity contribution in [3.8, 4) is 0 Å². The summed E-state index contributed by atoms with van der Waals surface area (Å²) >= 11 is 0. The quantitative estimate of drug-likeness (QED) is 0.291. The Morgan fingerprint density at radius 3 is 2.21 bits per heavy atom. The van der Waals surface area contributed by atoms with Gasteiger partial charge in [0.1, 0.15) is 11.6 Å². The van der Waals surface area contributed by atoms with Gasteiger partial charge in [-0.2, -0.15) is 13.2 Å². The maximum atomic E-state index is 15.2. The first kappa shape index (κ1) is 26.3. The van der Waals surface area contributed by atoms with Gasteiger partial charge in [0.2, 0.25) is 0 Å². The van der Waals surface area contributed by atoms with Crippen LogP contribution in [-0.4, -0.2) is 31.2 Å². The normalized spacial score (nSPS) is 16.2. The van der Waals surface area contributed by atoms with Gasteiger partial charge in [0.25, 0.3) is 0 Å². The lowest BCUT2D eigenvalue weighted by Crippen LogP contribution is -2.40. The molecule has 2 aliphatic rings. The average molecular weight is 528 g/mol. The molecule has 0 aromatic heterocycles. The Bertz CT molecular complexity index is 1350. The molecule has 7 heteroatoms. The fourth-order valence-corrected chi connectivity index (χ4v) is 5.37. The van der Waals surface area contributed by atoms with E-state index in [0.717, 1.165) is 41.9 Å². The van der Waals surface area contributed by atoms with Crippen molar-refractivity contribution in [2.75, 3.05) is 26.3 Å². The average Bonchev–Trinajstić information content (AvgIpc) is 3.04. The van der Waals surface area contributed by atoms with Crippen LogP contribution in [0.25, 0.3) is 17.2 Å². The van der Waals surface area contributed by atoms with Gasteiger partial charge in [-0.3, -0.25) is 9.29 Å². The van der Waals surface area contributed by atoms with Gasteiger partial charge in [-0.1, -0.05) is 54.6 Å². The Morgan fingerprint density at radius 1 is 0.868 bits per heavy atom. The second-order valence-corrected chi connectivity index (χ2v) is 9.85. The number of aryl methyl sites for hydroxylation is 1. The van der Waals surface area contributed by atoms with Gasteiger partial charge in [-0.25, -0.2) is 8.78 Å². The molecule has 1 saturated heterocycles. The maximum absolute atomic E-state index is 15.2. The number of allylic oxidation sites excluding steroid dienone is 1. The molecule has 0 radical (unpaired) electrons. The number of halogens is 6. The molecule has 1 fully saturated rings. The topological polar surface area (TPSA) is 3.24 Å². The summed E-state index contributed by atoms with van der Waals surface area (Å²) in [5.41, 5.74) is 4.07. The van der Waals surface area contributed by atoms with Gasteiger partial charge in [0.15, 0.2) is 0 Å². The summed E-state index contributed by atoms with van der Waals surface area (Å²) in [6.45, 7) is 2.02. The van der Waals surface area contributed by atoms with Crippen LogP contribution in [0.5, 0.6) is 0 Å². The molecular formula is C31H27F6N. The number of benzene rings is 3. The molecule has 3 aromatic rings. The van der Waals surface area contributed by atoms with E-state index in [1.807, 2.05) is 48.5 Å². The van der Waals surface area contributed by atoms with Crippen LogP contribution in [0, 0.1) is 11.6 Å². The second-order valence-electron chi connectivity index (χ2n) is 9.85. The third-order valence-corrected chi connectivity index (χ3v) is 7.16. The van der Waals surface area contributed by atoms with E-state index in [4.69, 9.17) is 0 Å². The first-order valence-corrected chi connectivity index (χ1v) is 12.7. The molecule has 0 amide bonds. The molecule has 198 valence electrons. The molecule has 0 unspecified atom stereocenters. The molecule has 0 N–H and O–H groups in total. The molecule has 1 nitrogen and oxygen atoms in total. The number of likely N-dealkylation sites (tertiary alicyclic amines) is 1.